The van der Waals surface area contributed by atoms with Crippen molar-refractivity contribution in [3.8, 4) is 0 Å². The molecule has 1 aromatic heterocycles. The first-order valence-electron chi connectivity index (χ1n) is 4.82. The minimum atomic E-state index is 0.775. The average molecular weight is 219 g/mol. The van der Waals surface area contributed by atoms with Crippen molar-refractivity contribution in [3.05, 3.63) is 35.2 Å². The third kappa shape index (κ3) is 2.55. The Bertz CT molecular complexity index is 429. The molecular weight excluding hydrogens is 206 g/mol. The number of nitrogens with zero attached hydrogens (tertiary/aromatic N) is 1. The number of thiophene rings is 1. The van der Waals surface area contributed by atoms with Crippen molar-refractivity contribution in [3.63, 3.8) is 0 Å². The second kappa shape index (κ2) is 4.91. The van der Waals surface area contributed by atoms with Crippen molar-refractivity contribution in [2.45, 2.75) is 6.42 Å². The topological polar surface area (TPSA) is 50.4 Å². The van der Waals surface area contributed by atoms with Gasteiger partial charge in [0.1, 0.15) is 0 Å². The number of rotatable bonds is 4. The lowest BCUT2D eigenvalue weighted by Crippen LogP contribution is -2.19. The van der Waals surface area contributed by atoms with Crippen molar-refractivity contribution in [1.29, 1.82) is 0 Å². The van der Waals surface area contributed by atoms with E-state index in [2.05, 4.69) is 40.8 Å². The minimum Gasteiger partial charge on any atom is -0.315 e. The van der Waals surface area contributed by atoms with E-state index < -0.39 is 0 Å². The zero-order valence-electron chi connectivity index (χ0n) is 8.31. The van der Waals surface area contributed by atoms with Crippen molar-refractivity contribution < 1.29 is 0 Å². The Morgan fingerprint density at radius 2 is 2.27 bits per heavy atom. The van der Waals surface area contributed by atoms with Gasteiger partial charge in [-0.25, -0.2) is 5.84 Å². The van der Waals surface area contributed by atoms with Crippen LogP contribution < -0.4 is 11.3 Å². The van der Waals surface area contributed by atoms with Crippen LogP contribution in [-0.4, -0.2) is 12.9 Å². The summed E-state index contributed by atoms with van der Waals surface area (Å²) in [6, 6.07) is 10.6. The molecule has 0 aliphatic heterocycles. The van der Waals surface area contributed by atoms with Gasteiger partial charge in [0.25, 0.3) is 0 Å². The maximum atomic E-state index is 5.07. The van der Waals surface area contributed by atoms with Crippen LogP contribution in [0, 0.1) is 0 Å². The van der Waals surface area contributed by atoms with Crippen LogP contribution in [0.2, 0.25) is 0 Å². The number of hydrogen-bond donors (Lipinski definition) is 2. The van der Waals surface area contributed by atoms with E-state index in [1.165, 1.54) is 21.3 Å². The molecule has 3 N–H and O–H groups in total. The molecule has 0 atom stereocenters. The Hall–Kier alpha value is -1.39. The molecular formula is C11H13N3S. The van der Waals surface area contributed by atoms with E-state index >= 15 is 0 Å². The summed E-state index contributed by atoms with van der Waals surface area (Å²) in [5, 5.41) is 1.32. The van der Waals surface area contributed by atoms with Crippen LogP contribution in [0.25, 0.3) is 10.1 Å². The lowest BCUT2D eigenvalue weighted by atomic mass is 10.2. The number of fused-ring (bicyclic) bond motifs is 1. The number of nitrogens with two attached hydrogens (primary N) is 1. The molecule has 0 amide bonds. The van der Waals surface area contributed by atoms with E-state index in [0.29, 0.717) is 0 Å². The van der Waals surface area contributed by atoms with Crippen molar-refractivity contribution in [1.82, 2.24) is 5.43 Å². The smallest absolute Gasteiger partial charge is 0.0964 e. The molecule has 4 heteroatoms. The normalized spacial score (nSPS) is 11.3. The van der Waals surface area contributed by atoms with Gasteiger partial charge in [0, 0.05) is 22.5 Å². The van der Waals surface area contributed by atoms with Crippen LogP contribution in [-0.2, 0) is 6.42 Å². The molecule has 0 aliphatic carbocycles. The monoisotopic (exact) mass is 219 g/mol. The number of hydrogen-bond acceptors (Lipinski definition) is 3. The van der Waals surface area contributed by atoms with Gasteiger partial charge in [-0.2, -0.15) is 0 Å². The van der Waals surface area contributed by atoms with Gasteiger partial charge in [-0.15, -0.1) is 11.3 Å². The van der Waals surface area contributed by atoms with Gasteiger partial charge in [-0.3, -0.25) is 4.99 Å². The standard InChI is InChI=1S/C11H13N3S/c12-14-8-13-6-5-10-7-9-3-1-2-4-11(9)15-10/h1-4,7-8H,5-6,12H2,(H,13,14). The fraction of sp³-hybridized carbons (Fsp3) is 0.182. The quantitative estimate of drug-likeness (QED) is 0.357. The molecule has 0 saturated carbocycles. The van der Waals surface area contributed by atoms with Crippen LogP contribution in [0.15, 0.2) is 35.3 Å². The first kappa shape index (κ1) is 10.1. The van der Waals surface area contributed by atoms with Gasteiger partial charge >= 0.3 is 0 Å². The van der Waals surface area contributed by atoms with Gasteiger partial charge in [0.2, 0.25) is 0 Å². The second-order valence-electron chi connectivity index (χ2n) is 3.20. The van der Waals surface area contributed by atoms with Crippen molar-refractivity contribution in [2.75, 3.05) is 6.54 Å². The molecule has 0 unspecified atom stereocenters. The van der Waals surface area contributed by atoms with E-state index in [1.54, 1.807) is 0 Å². The summed E-state index contributed by atoms with van der Waals surface area (Å²) >= 11 is 1.83. The maximum Gasteiger partial charge on any atom is 0.0964 e. The molecule has 0 saturated heterocycles. The lowest BCUT2D eigenvalue weighted by molar-refractivity contribution is 0.963. The minimum absolute atomic E-state index is 0.775. The van der Waals surface area contributed by atoms with Crippen LogP contribution in [0.5, 0.6) is 0 Å². The highest BCUT2D eigenvalue weighted by Crippen LogP contribution is 2.25. The van der Waals surface area contributed by atoms with Gasteiger partial charge in [-0.05, 0) is 17.5 Å². The number of hydrazine groups is 1. The molecule has 1 heterocycles. The highest BCUT2D eigenvalue weighted by molar-refractivity contribution is 7.19. The third-order valence-electron chi connectivity index (χ3n) is 2.13. The molecule has 0 radical (unpaired) electrons. The number of aliphatic imine (C=N–C) groups is 1. The number of benzene rings is 1. The zero-order chi connectivity index (χ0) is 10.5. The molecule has 0 fully saturated rings. The first-order chi connectivity index (χ1) is 7.40. The summed E-state index contributed by atoms with van der Waals surface area (Å²) in [6.45, 7) is 0.775. The molecule has 15 heavy (non-hydrogen) atoms. The molecule has 3 nitrogen and oxygen atoms in total. The average Bonchev–Trinajstić information content (AvgIpc) is 2.67. The molecule has 0 aliphatic rings. The van der Waals surface area contributed by atoms with E-state index in [9.17, 15) is 0 Å². The lowest BCUT2D eigenvalue weighted by Gasteiger charge is -1.90. The Balaban J connectivity index is 2.05. The van der Waals surface area contributed by atoms with Gasteiger partial charge in [-0.1, -0.05) is 18.2 Å². The van der Waals surface area contributed by atoms with Gasteiger partial charge in [0.15, 0.2) is 0 Å². The second-order valence-corrected chi connectivity index (χ2v) is 4.37. The Morgan fingerprint density at radius 1 is 1.40 bits per heavy atom. The largest absolute Gasteiger partial charge is 0.315 e. The summed E-state index contributed by atoms with van der Waals surface area (Å²) in [7, 11) is 0. The van der Waals surface area contributed by atoms with E-state index in [-0.39, 0.29) is 0 Å². The molecule has 2 rings (SSSR count). The Kier molecular flexibility index (Phi) is 3.32. The molecule has 78 valence electrons. The van der Waals surface area contributed by atoms with Gasteiger partial charge in [0.05, 0.1) is 6.34 Å². The van der Waals surface area contributed by atoms with Crippen molar-refractivity contribution in [2.24, 2.45) is 10.8 Å². The summed E-state index contributed by atoms with van der Waals surface area (Å²) in [5.41, 5.74) is 2.39. The number of nitrogens with one attached hydrogen (secondary N) is 1. The van der Waals surface area contributed by atoms with Gasteiger partial charge < -0.3 is 5.43 Å². The predicted molar refractivity (Wildman–Crippen MR) is 66.2 cm³/mol. The zero-order valence-corrected chi connectivity index (χ0v) is 9.13. The summed E-state index contributed by atoms with van der Waals surface area (Å²) < 4.78 is 1.34. The Morgan fingerprint density at radius 3 is 3.07 bits per heavy atom. The Labute approximate surface area is 92.6 Å². The fourth-order valence-electron chi connectivity index (χ4n) is 1.45. The third-order valence-corrected chi connectivity index (χ3v) is 3.31. The van der Waals surface area contributed by atoms with Crippen LogP contribution in [0.4, 0.5) is 0 Å². The van der Waals surface area contributed by atoms with Crippen molar-refractivity contribution >= 4 is 27.8 Å². The molecule has 0 bridgehead atoms. The van der Waals surface area contributed by atoms with Crippen LogP contribution in [0.1, 0.15) is 4.88 Å². The SMILES string of the molecule is NNC=NCCc1cc2ccccc2s1. The fourth-order valence-corrected chi connectivity index (χ4v) is 2.51. The highest BCUT2D eigenvalue weighted by Gasteiger charge is 1.99. The van der Waals surface area contributed by atoms with Crippen LogP contribution in [0.3, 0.4) is 0 Å². The molecule has 2 aromatic rings. The van der Waals surface area contributed by atoms with E-state index in [0.717, 1.165) is 13.0 Å². The van der Waals surface area contributed by atoms with E-state index in [4.69, 9.17) is 5.84 Å². The summed E-state index contributed by atoms with van der Waals surface area (Å²) in [5.74, 6) is 5.07. The summed E-state index contributed by atoms with van der Waals surface area (Å²) in [4.78, 5) is 5.47. The van der Waals surface area contributed by atoms with E-state index in [1.807, 2.05) is 11.3 Å². The summed E-state index contributed by atoms with van der Waals surface area (Å²) in [6.07, 6.45) is 2.49. The van der Waals surface area contributed by atoms with Crippen LogP contribution >= 0.6 is 11.3 Å². The molecule has 0 spiro atoms. The highest BCUT2D eigenvalue weighted by atomic mass is 32.1. The maximum absolute atomic E-state index is 5.07. The first-order valence-corrected chi connectivity index (χ1v) is 5.63. The predicted octanol–water partition coefficient (Wildman–Crippen LogP) is 1.94. The molecule has 1 aromatic carbocycles.